The summed E-state index contributed by atoms with van der Waals surface area (Å²) in [7, 11) is 1.74. The Balaban J connectivity index is 1.45. The topological polar surface area (TPSA) is 79.4 Å². The van der Waals surface area contributed by atoms with E-state index >= 15 is 0 Å². The van der Waals surface area contributed by atoms with E-state index in [-0.39, 0.29) is 11.9 Å². The number of piperidine rings is 1. The van der Waals surface area contributed by atoms with Crippen molar-refractivity contribution >= 4 is 11.7 Å². The molecule has 1 unspecified atom stereocenters. The highest BCUT2D eigenvalue weighted by atomic mass is 16.5. The molecule has 27 heavy (non-hydrogen) atoms. The van der Waals surface area contributed by atoms with Crippen LogP contribution in [0.4, 0.5) is 5.82 Å². The standard InChI is InChI=1S/C20H27N5O2/c1-15(27-20-18(21-2)22-10-11-23-20)19(26)24-17-8-12-25(13-9-17)14-16-6-4-3-5-7-16/h3-7,10-11,15,17H,8-9,12-14H2,1-2H3,(H,21,22)(H,24,26). The highest BCUT2D eigenvalue weighted by Gasteiger charge is 2.24. The van der Waals surface area contributed by atoms with Crippen LogP contribution < -0.4 is 15.4 Å². The van der Waals surface area contributed by atoms with Gasteiger partial charge in [-0.1, -0.05) is 30.3 Å². The van der Waals surface area contributed by atoms with Gasteiger partial charge in [0.05, 0.1) is 0 Å². The Morgan fingerprint density at radius 3 is 2.63 bits per heavy atom. The molecule has 1 aliphatic rings. The van der Waals surface area contributed by atoms with E-state index in [1.165, 1.54) is 5.56 Å². The summed E-state index contributed by atoms with van der Waals surface area (Å²) in [5.74, 6) is 0.732. The molecule has 1 aromatic carbocycles. The van der Waals surface area contributed by atoms with Gasteiger partial charge < -0.3 is 15.4 Å². The molecular weight excluding hydrogens is 342 g/mol. The molecule has 3 rings (SSSR count). The molecule has 7 nitrogen and oxygen atoms in total. The number of likely N-dealkylation sites (tertiary alicyclic amines) is 1. The first kappa shape index (κ1) is 19.1. The van der Waals surface area contributed by atoms with Crippen molar-refractivity contribution in [1.82, 2.24) is 20.2 Å². The van der Waals surface area contributed by atoms with Gasteiger partial charge in [0.25, 0.3) is 11.8 Å². The van der Waals surface area contributed by atoms with Gasteiger partial charge in [0, 0.05) is 45.1 Å². The Bertz CT molecular complexity index is 732. The number of aromatic nitrogens is 2. The van der Waals surface area contributed by atoms with Gasteiger partial charge in [-0.2, -0.15) is 0 Å². The normalized spacial score (nSPS) is 16.5. The molecule has 2 aromatic rings. The third-order valence-corrected chi connectivity index (χ3v) is 4.74. The van der Waals surface area contributed by atoms with E-state index < -0.39 is 6.10 Å². The second-order valence-corrected chi connectivity index (χ2v) is 6.76. The van der Waals surface area contributed by atoms with Gasteiger partial charge in [0.2, 0.25) is 0 Å². The highest BCUT2D eigenvalue weighted by Crippen LogP contribution is 2.18. The predicted molar refractivity (Wildman–Crippen MR) is 105 cm³/mol. The average Bonchev–Trinajstić information content (AvgIpc) is 2.70. The maximum atomic E-state index is 12.5. The zero-order valence-electron chi connectivity index (χ0n) is 15.9. The molecule has 1 amide bonds. The molecule has 1 aromatic heterocycles. The summed E-state index contributed by atoms with van der Waals surface area (Å²) in [6, 6.07) is 10.7. The lowest BCUT2D eigenvalue weighted by Crippen LogP contribution is -2.47. The quantitative estimate of drug-likeness (QED) is 0.778. The van der Waals surface area contributed by atoms with Crippen LogP contribution in [0, 0.1) is 0 Å². The number of nitrogens with zero attached hydrogens (tertiary/aromatic N) is 3. The molecule has 0 radical (unpaired) electrons. The van der Waals surface area contributed by atoms with Crippen LogP contribution in [-0.4, -0.2) is 53.1 Å². The van der Waals surface area contributed by atoms with Crippen molar-refractivity contribution in [2.24, 2.45) is 0 Å². The number of hydrogen-bond acceptors (Lipinski definition) is 6. The number of nitrogens with one attached hydrogen (secondary N) is 2. The molecular formula is C20H27N5O2. The third kappa shape index (κ3) is 5.40. The van der Waals surface area contributed by atoms with Crippen molar-refractivity contribution in [2.45, 2.75) is 38.5 Å². The zero-order chi connectivity index (χ0) is 19.1. The summed E-state index contributed by atoms with van der Waals surface area (Å²) in [5.41, 5.74) is 1.33. The van der Waals surface area contributed by atoms with Crippen molar-refractivity contribution in [2.75, 3.05) is 25.5 Å². The smallest absolute Gasteiger partial charge is 0.261 e. The lowest BCUT2D eigenvalue weighted by molar-refractivity contribution is -0.128. The van der Waals surface area contributed by atoms with Crippen LogP contribution in [0.5, 0.6) is 5.88 Å². The number of hydrogen-bond donors (Lipinski definition) is 2. The van der Waals surface area contributed by atoms with Crippen molar-refractivity contribution in [1.29, 1.82) is 0 Å². The molecule has 2 N–H and O–H groups in total. The minimum absolute atomic E-state index is 0.121. The molecule has 0 saturated carbocycles. The van der Waals surface area contributed by atoms with Gasteiger partial charge in [-0.05, 0) is 25.3 Å². The lowest BCUT2D eigenvalue weighted by atomic mass is 10.0. The average molecular weight is 369 g/mol. The van der Waals surface area contributed by atoms with Crippen LogP contribution in [-0.2, 0) is 11.3 Å². The van der Waals surface area contributed by atoms with E-state index in [9.17, 15) is 4.79 Å². The summed E-state index contributed by atoms with van der Waals surface area (Å²) in [6.45, 7) is 4.64. The molecule has 1 aliphatic heterocycles. The fourth-order valence-electron chi connectivity index (χ4n) is 3.20. The van der Waals surface area contributed by atoms with Crippen molar-refractivity contribution < 1.29 is 9.53 Å². The minimum Gasteiger partial charge on any atom is -0.462 e. The molecule has 1 atom stereocenters. The van der Waals surface area contributed by atoms with Gasteiger partial charge in [0.1, 0.15) is 0 Å². The summed E-state index contributed by atoms with van der Waals surface area (Å²) < 4.78 is 5.68. The third-order valence-electron chi connectivity index (χ3n) is 4.74. The number of amides is 1. The Hall–Kier alpha value is -2.67. The number of ether oxygens (including phenoxy) is 1. The van der Waals surface area contributed by atoms with Crippen LogP contribution in [0.15, 0.2) is 42.7 Å². The molecule has 0 aliphatic carbocycles. The molecule has 0 spiro atoms. The van der Waals surface area contributed by atoms with Crippen LogP contribution in [0.1, 0.15) is 25.3 Å². The Kier molecular flexibility index (Phi) is 6.59. The number of carbonyl (C=O) groups is 1. The van der Waals surface area contributed by atoms with E-state index in [0.29, 0.717) is 11.7 Å². The molecule has 144 valence electrons. The first-order valence-electron chi connectivity index (χ1n) is 9.38. The molecule has 2 heterocycles. The van der Waals surface area contributed by atoms with E-state index in [1.807, 2.05) is 6.07 Å². The molecule has 0 bridgehead atoms. The number of anilines is 1. The summed E-state index contributed by atoms with van der Waals surface area (Å²) in [4.78, 5) is 23.2. The second-order valence-electron chi connectivity index (χ2n) is 6.76. The molecule has 1 saturated heterocycles. The Morgan fingerprint density at radius 2 is 1.93 bits per heavy atom. The first-order chi connectivity index (χ1) is 13.2. The summed E-state index contributed by atoms with van der Waals surface area (Å²) >= 11 is 0. The number of benzene rings is 1. The van der Waals surface area contributed by atoms with Crippen molar-refractivity contribution in [3.05, 3.63) is 48.3 Å². The summed E-state index contributed by atoms with van der Waals surface area (Å²) in [6.07, 6.45) is 4.38. The van der Waals surface area contributed by atoms with Crippen LogP contribution in [0.2, 0.25) is 0 Å². The van der Waals surface area contributed by atoms with Crippen LogP contribution in [0.25, 0.3) is 0 Å². The maximum absolute atomic E-state index is 12.5. The van der Waals surface area contributed by atoms with E-state index in [4.69, 9.17) is 4.74 Å². The lowest BCUT2D eigenvalue weighted by Gasteiger charge is -2.32. The van der Waals surface area contributed by atoms with Gasteiger partial charge in [-0.15, -0.1) is 0 Å². The Labute approximate surface area is 160 Å². The molecule has 1 fully saturated rings. The van der Waals surface area contributed by atoms with Crippen LogP contribution in [0.3, 0.4) is 0 Å². The second kappa shape index (κ2) is 9.32. The van der Waals surface area contributed by atoms with Gasteiger partial charge in [0.15, 0.2) is 11.9 Å². The monoisotopic (exact) mass is 369 g/mol. The van der Waals surface area contributed by atoms with E-state index in [0.717, 1.165) is 32.5 Å². The fourth-order valence-corrected chi connectivity index (χ4v) is 3.20. The minimum atomic E-state index is -0.629. The van der Waals surface area contributed by atoms with E-state index in [2.05, 4.69) is 49.8 Å². The highest BCUT2D eigenvalue weighted by molar-refractivity contribution is 5.81. The number of rotatable bonds is 7. The zero-order valence-corrected chi connectivity index (χ0v) is 15.9. The predicted octanol–water partition coefficient (Wildman–Crippen LogP) is 2.07. The van der Waals surface area contributed by atoms with Gasteiger partial charge in [-0.3, -0.25) is 9.69 Å². The van der Waals surface area contributed by atoms with Gasteiger partial charge in [-0.25, -0.2) is 9.97 Å². The van der Waals surface area contributed by atoms with Crippen LogP contribution >= 0.6 is 0 Å². The van der Waals surface area contributed by atoms with Gasteiger partial charge >= 0.3 is 0 Å². The largest absolute Gasteiger partial charge is 0.462 e. The van der Waals surface area contributed by atoms with E-state index in [1.54, 1.807) is 26.4 Å². The van der Waals surface area contributed by atoms with Crippen molar-refractivity contribution in [3.63, 3.8) is 0 Å². The number of carbonyl (C=O) groups excluding carboxylic acids is 1. The summed E-state index contributed by atoms with van der Waals surface area (Å²) in [5, 5.41) is 6.01. The first-order valence-corrected chi connectivity index (χ1v) is 9.38. The SMILES string of the molecule is CNc1nccnc1OC(C)C(=O)NC1CCN(Cc2ccccc2)CC1. The fraction of sp³-hybridized carbons (Fsp3) is 0.450. The Morgan fingerprint density at radius 1 is 1.22 bits per heavy atom. The van der Waals surface area contributed by atoms with Crippen molar-refractivity contribution in [3.8, 4) is 5.88 Å². The molecule has 7 heteroatoms. The maximum Gasteiger partial charge on any atom is 0.261 e.